The number of hydrogen-bond acceptors (Lipinski definition) is 3. The molecule has 1 heterocycles. The Balaban J connectivity index is 1.48. The Bertz CT molecular complexity index is 1130. The van der Waals surface area contributed by atoms with Crippen molar-refractivity contribution < 1.29 is 18.4 Å². The molecule has 2 aromatic carbocycles. The van der Waals surface area contributed by atoms with E-state index >= 15 is 0 Å². The Hall–Kier alpha value is -3.49. The zero-order valence-electron chi connectivity index (χ0n) is 18.4. The number of imidazole rings is 1. The van der Waals surface area contributed by atoms with Gasteiger partial charge >= 0.3 is 12.6 Å². The molecule has 3 aromatic rings. The second-order valence-corrected chi connectivity index (χ2v) is 8.41. The minimum absolute atomic E-state index is 0.0904. The number of amides is 3. The zero-order valence-corrected chi connectivity index (χ0v) is 18.4. The molecule has 3 amide bonds. The maximum Gasteiger partial charge on any atom is 0.320 e. The summed E-state index contributed by atoms with van der Waals surface area (Å²) in [5, 5.41) is 5.68. The molecule has 0 saturated heterocycles. The highest BCUT2D eigenvalue weighted by molar-refractivity contribution is 5.91. The van der Waals surface area contributed by atoms with Gasteiger partial charge in [-0.3, -0.25) is 9.36 Å². The lowest BCUT2D eigenvalue weighted by molar-refractivity contribution is -0.137. The number of para-hydroxylation sites is 2. The van der Waals surface area contributed by atoms with Gasteiger partial charge in [0.05, 0.1) is 17.6 Å². The molecule has 1 aliphatic rings. The lowest BCUT2D eigenvalue weighted by Crippen LogP contribution is -2.59. The van der Waals surface area contributed by atoms with Gasteiger partial charge in [-0.2, -0.15) is 8.78 Å². The van der Waals surface area contributed by atoms with Crippen LogP contribution in [0.15, 0.2) is 54.6 Å². The fourth-order valence-corrected chi connectivity index (χ4v) is 4.48. The molecule has 0 bridgehead atoms. The molecule has 1 saturated carbocycles. The number of carbonyl (C=O) groups excluding carboxylic acids is 2. The van der Waals surface area contributed by atoms with Gasteiger partial charge in [-0.25, -0.2) is 9.78 Å². The number of aromatic nitrogens is 2. The van der Waals surface area contributed by atoms with Gasteiger partial charge in [0.15, 0.2) is 0 Å². The van der Waals surface area contributed by atoms with E-state index in [1.165, 1.54) is 4.90 Å². The number of likely N-dealkylation sites (N-methyl/N-ethyl adjacent to an activating group) is 1. The first-order valence-electron chi connectivity index (χ1n) is 11.0. The highest BCUT2D eigenvalue weighted by Gasteiger charge is 2.44. The number of alkyl halides is 2. The minimum Gasteiger partial charge on any atom is -0.336 e. The Morgan fingerprint density at radius 1 is 1.09 bits per heavy atom. The fraction of sp³-hybridized carbons (Fsp3) is 0.375. The van der Waals surface area contributed by atoms with Crippen LogP contribution in [0.3, 0.4) is 0 Å². The molecule has 2 N–H and O–H groups in total. The minimum atomic E-state index is -2.78. The average molecular weight is 456 g/mol. The number of carbonyl (C=O) groups is 2. The summed E-state index contributed by atoms with van der Waals surface area (Å²) in [6, 6.07) is 15.7. The lowest BCUT2D eigenvalue weighted by atomic mass is 9.95. The van der Waals surface area contributed by atoms with E-state index in [1.807, 2.05) is 30.3 Å². The molecule has 7 nitrogen and oxygen atoms in total. The largest absolute Gasteiger partial charge is 0.336 e. The first kappa shape index (κ1) is 22.7. The van der Waals surface area contributed by atoms with Crippen LogP contribution in [0.2, 0.25) is 0 Å². The Morgan fingerprint density at radius 3 is 2.45 bits per heavy atom. The topological polar surface area (TPSA) is 79.3 Å². The van der Waals surface area contributed by atoms with Crippen molar-refractivity contribution >= 4 is 23.0 Å². The smallest absolute Gasteiger partial charge is 0.320 e. The molecule has 174 valence electrons. The Morgan fingerprint density at radius 2 is 1.76 bits per heavy atom. The van der Waals surface area contributed by atoms with Gasteiger partial charge in [0.1, 0.15) is 11.4 Å². The molecular formula is C24H27F2N5O2. The van der Waals surface area contributed by atoms with E-state index < -0.39 is 18.1 Å². The average Bonchev–Trinajstić information content (AvgIpc) is 3.42. The molecular weight excluding hydrogens is 428 g/mol. The summed E-state index contributed by atoms with van der Waals surface area (Å²) in [6.07, 6.45) is 2.60. The third kappa shape index (κ3) is 4.81. The Labute approximate surface area is 190 Å². The van der Waals surface area contributed by atoms with Gasteiger partial charge in [-0.05, 0) is 30.5 Å². The SMILES string of the molecule is CN(Cc1nc2ccccc2n1C(F)F)C(=O)C1(NC(=O)NCc2ccccc2)CCCC1. The van der Waals surface area contributed by atoms with Crippen molar-refractivity contribution in [2.75, 3.05) is 7.05 Å². The molecule has 4 rings (SSSR count). The monoisotopic (exact) mass is 455 g/mol. The third-order valence-corrected chi connectivity index (χ3v) is 6.10. The van der Waals surface area contributed by atoms with Crippen molar-refractivity contribution in [2.45, 2.75) is 50.9 Å². The molecule has 1 aromatic heterocycles. The molecule has 0 aliphatic heterocycles. The van der Waals surface area contributed by atoms with Gasteiger partial charge in [-0.1, -0.05) is 55.3 Å². The van der Waals surface area contributed by atoms with Crippen LogP contribution in [-0.2, 0) is 17.9 Å². The predicted molar refractivity (Wildman–Crippen MR) is 120 cm³/mol. The standard InChI is InChI=1S/C24H27F2N5O2/c1-30(16-20-28-18-11-5-6-12-19(18)31(20)22(25)26)21(32)24(13-7-8-14-24)29-23(33)27-15-17-9-3-2-4-10-17/h2-6,9-12,22H,7-8,13-16H2,1H3,(H2,27,29,33). The molecule has 1 fully saturated rings. The van der Waals surface area contributed by atoms with Crippen molar-refractivity contribution in [2.24, 2.45) is 0 Å². The van der Waals surface area contributed by atoms with E-state index in [0.717, 1.165) is 23.0 Å². The van der Waals surface area contributed by atoms with Crippen LogP contribution in [0.25, 0.3) is 11.0 Å². The number of nitrogens with zero attached hydrogens (tertiary/aromatic N) is 3. The summed E-state index contributed by atoms with van der Waals surface area (Å²) >= 11 is 0. The van der Waals surface area contributed by atoms with E-state index in [4.69, 9.17) is 0 Å². The number of urea groups is 1. The van der Waals surface area contributed by atoms with Crippen molar-refractivity contribution in [1.82, 2.24) is 25.1 Å². The zero-order chi connectivity index (χ0) is 23.4. The van der Waals surface area contributed by atoms with E-state index in [1.54, 1.807) is 31.3 Å². The van der Waals surface area contributed by atoms with Gasteiger partial charge < -0.3 is 15.5 Å². The Kier molecular flexibility index (Phi) is 6.57. The second kappa shape index (κ2) is 9.56. The predicted octanol–water partition coefficient (Wildman–Crippen LogP) is 4.20. The number of halogens is 2. The molecule has 1 aliphatic carbocycles. The maximum atomic E-state index is 13.8. The van der Waals surface area contributed by atoms with E-state index in [0.29, 0.717) is 30.4 Å². The fourth-order valence-electron chi connectivity index (χ4n) is 4.48. The van der Waals surface area contributed by atoms with Crippen LogP contribution >= 0.6 is 0 Å². The molecule has 33 heavy (non-hydrogen) atoms. The van der Waals surface area contributed by atoms with Crippen molar-refractivity contribution in [3.8, 4) is 0 Å². The van der Waals surface area contributed by atoms with Crippen LogP contribution in [0.4, 0.5) is 13.6 Å². The summed E-state index contributed by atoms with van der Waals surface area (Å²) in [6.45, 7) is -2.53. The molecule has 0 atom stereocenters. The molecule has 9 heteroatoms. The van der Waals surface area contributed by atoms with Crippen LogP contribution < -0.4 is 10.6 Å². The number of hydrogen-bond donors (Lipinski definition) is 2. The van der Waals surface area contributed by atoms with Gasteiger partial charge in [0.25, 0.3) is 0 Å². The first-order chi connectivity index (χ1) is 15.9. The van der Waals surface area contributed by atoms with Crippen LogP contribution in [-0.4, -0.2) is 39.0 Å². The third-order valence-electron chi connectivity index (χ3n) is 6.10. The molecule has 0 unspecified atom stereocenters. The summed E-state index contributed by atoms with van der Waals surface area (Å²) in [7, 11) is 1.56. The van der Waals surface area contributed by atoms with E-state index in [9.17, 15) is 18.4 Å². The van der Waals surface area contributed by atoms with Crippen molar-refractivity contribution in [1.29, 1.82) is 0 Å². The van der Waals surface area contributed by atoms with Gasteiger partial charge in [0, 0.05) is 13.6 Å². The molecule has 0 radical (unpaired) electrons. The summed E-state index contributed by atoms with van der Waals surface area (Å²) < 4.78 is 28.4. The van der Waals surface area contributed by atoms with Crippen LogP contribution in [0.1, 0.15) is 43.6 Å². The van der Waals surface area contributed by atoms with Gasteiger partial charge in [-0.15, -0.1) is 0 Å². The van der Waals surface area contributed by atoms with E-state index in [2.05, 4.69) is 15.6 Å². The summed E-state index contributed by atoms with van der Waals surface area (Å²) in [5.41, 5.74) is 0.652. The second-order valence-electron chi connectivity index (χ2n) is 8.41. The van der Waals surface area contributed by atoms with Gasteiger partial charge in [0.2, 0.25) is 5.91 Å². The summed E-state index contributed by atoms with van der Waals surface area (Å²) in [4.78, 5) is 31.7. The van der Waals surface area contributed by atoms with Crippen LogP contribution in [0, 0.1) is 0 Å². The quantitative estimate of drug-likeness (QED) is 0.560. The molecule has 0 spiro atoms. The van der Waals surface area contributed by atoms with Crippen molar-refractivity contribution in [3.05, 3.63) is 66.0 Å². The number of benzene rings is 2. The van der Waals surface area contributed by atoms with E-state index in [-0.39, 0.29) is 18.3 Å². The normalized spacial score (nSPS) is 15.0. The number of fused-ring (bicyclic) bond motifs is 1. The summed E-state index contributed by atoms with van der Waals surface area (Å²) in [5.74, 6) is -0.202. The van der Waals surface area contributed by atoms with Crippen molar-refractivity contribution in [3.63, 3.8) is 0 Å². The number of nitrogens with one attached hydrogen (secondary N) is 2. The first-order valence-corrected chi connectivity index (χ1v) is 11.0. The van der Waals surface area contributed by atoms with Crippen LogP contribution in [0.5, 0.6) is 0 Å². The highest BCUT2D eigenvalue weighted by atomic mass is 19.3. The highest BCUT2D eigenvalue weighted by Crippen LogP contribution is 2.32. The maximum absolute atomic E-state index is 13.8. The number of rotatable bonds is 7. The lowest BCUT2D eigenvalue weighted by Gasteiger charge is -2.33.